The molecule has 2 heterocycles. The lowest BCUT2D eigenvalue weighted by Crippen LogP contribution is -2.23. The standard InChI is InChI=1S/C18H10FN3O4S/c19-8-5-6-12-10(7-8)13(15(23)20-12)14-16(24)22-18(27-14)21-11-4-2-1-3-9(11)17(25)26/h1-7,24H,(H,21,22)(H,25,26). The van der Waals surface area contributed by atoms with Gasteiger partial charge in [-0.25, -0.2) is 14.2 Å². The molecule has 0 aliphatic carbocycles. The molecule has 27 heavy (non-hydrogen) atoms. The molecule has 0 saturated carbocycles. The van der Waals surface area contributed by atoms with Crippen molar-refractivity contribution in [1.29, 1.82) is 0 Å². The van der Waals surface area contributed by atoms with Crippen molar-refractivity contribution >= 4 is 39.6 Å². The number of anilines is 2. The summed E-state index contributed by atoms with van der Waals surface area (Å²) in [6.07, 6.45) is 0. The van der Waals surface area contributed by atoms with Crippen molar-refractivity contribution in [3.05, 3.63) is 69.3 Å². The van der Waals surface area contributed by atoms with Crippen molar-refractivity contribution < 1.29 is 24.2 Å². The number of carboxylic acid groups (broad SMARTS) is 1. The van der Waals surface area contributed by atoms with E-state index in [1.165, 1.54) is 24.3 Å². The maximum Gasteiger partial charge on any atom is 0.337 e. The van der Waals surface area contributed by atoms with E-state index < -0.39 is 23.6 Å². The van der Waals surface area contributed by atoms with E-state index in [2.05, 4.69) is 15.3 Å². The second-order valence-corrected chi connectivity index (χ2v) is 6.60. The number of carboxylic acids is 1. The summed E-state index contributed by atoms with van der Waals surface area (Å²) in [6.45, 7) is 0. The maximum atomic E-state index is 13.6. The minimum Gasteiger partial charge on any atom is -0.492 e. The van der Waals surface area contributed by atoms with Gasteiger partial charge in [-0.3, -0.25) is 4.79 Å². The molecule has 3 N–H and O–H groups in total. The summed E-state index contributed by atoms with van der Waals surface area (Å²) in [5.74, 6) is -2.69. The summed E-state index contributed by atoms with van der Waals surface area (Å²) in [6, 6.07) is 9.96. The van der Waals surface area contributed by atoms with Crippen LogP contribution < -0.4 is 15.9 Å². The number of aromatic hydroxyl groups is 1. The number of halogens is 1. The number of hydrogen-bond donors (Lipinski definition) is 3. The van der Waals surface area contributed by atoms with E-state index in [-0.39, 0.29) is 32.1 Å². The first-order valence-corrected chi connectivity index (χ1v) is 8.48. The number of amides is 1. The highest BCUT2D eigenvalue weighted by molar-refractivity contribution is 7.17. The van der Waals surface area contributed by atoms with E-state index >= 15 is 0 Å². The van der Waals surface area contributed by atoms with Crippen LogP contribution in [-0.4, -0.2) is 27.1 Å². The van der Waals surface area contributed by atoms with Crippen molar-refractivity contribution in [1.82, 2.24) is 4.98 Å². The number of aromatic nitrogens is 1. The third-order valence-corrected chi connectivity index (χ3v) is 4.88. The quantitative estimate of drug-likeness (QED) is 0.633. The lowest BCUT2D eigenvalue weighted by molar-refractivity contribution is -0.112. The molecule has 4 rings (SSSR count). The minimum absolute atomic E-state index is 0.0285. The molecule has 9 heteroatoms. The molecule has 1 aliphatic heterocycles. The predicted molar refractivity (Wildman–Crippen MR) is 95.2 cm³/mol. The average molecular weight is 383 g/mol. The molecule has 1 aliphatic rings. The molecule has 0 spiro atoms. The third-order valence-electron chi connectivity index (χ3n) is 3.90. The lowest BCUT2D eigenvalue weighted by atomic mass is 10.1. The number of carbonyl (C=O) groups is 2. The van der Waals surface area contributed by atoms with Crippen LogP contribution in [-0.2, 0) is 4.79 Å². The second kappa shape index (κ2) is 6.29. The topological polar surface area (TPSA) is 112 Å². The summed E-state index contributed by atoms with van der Waals surface area (Å²) in [7, 11) is 0. The zero-order valence-electron chi connectivity index (χ0n) is 13.4. The Morgan fingerprint density at radius 3 is 2.74 bits per heavy atom. The Balaban J connectivity index is 1.80. The van der Waals surface area contributed by atoms with Gasteiger partial charge in [0.15, 0.2) is 5.13 Å². The Hall–Kier alpha value is -3.59. The van der Waals surface area contributed by atoms with Gasteiger partial charge in [0, 0.05) is 5.22 Å². The average Bonchev–Trinajstić information content (AvgIpc) is 3.13. The van der Waals surface area contributed by atoms with Crippen LogP contribution in [0.4, 0.5) is 15.2 Å². The fraction of sp³-hybridized carbons (Fsp3) is 0. The van der Waals surface area contributed by atoms with Crippen LogP contribution in [0.25, 0.3) is 5.57 Å². The number of fused-ring (bicyclic) bond motifs is 1. The molecule has 2 aromatic carbocycles. The molecule has 7 nitrogen and oxygen atoms in total. The number of thiazole rings is 1. The van der Waals surface area contributed by atoms with E-state index in [1.54, 1.807) is 18.2 Å². The Kier molecular flexibility index (Phi) is 3.93. The van der Waals surface area contributed by atoms with Crippen molar-refractivity contribution in [2.24, 2.45) is 4.99 Å². The number of aromatic carboxylic acids is 1. The van der Waals surface area contributed by atoms with Gasteiger partial charge in [-0.2, -0.15) is 4.98 Å². The fourth-order valence-electron chi connectivity index (χ4n) is 2.73. The first-order chi connectivity index (χ1) is 12.9. The molecule has 0 radical (unpaired) electrons. The van der Waals surface area contributed by atoms with Gasteiger partial charge in [-0.1, -0.05) is 23.5 Å². The first kappa shape index (κ1) is 16.9. The van der Waals surface area contributed by atoms with Crippen molar-refractivity contribution in [3.8, 4) is 5.88 Å². The molecular formula is C18H10FN3O4S. The molecule has 0 unspecified atom stereocenters. The molecule has 1 amide bonds. The van der Waals surface area contributed by atoms with Crippen LogP contribution in [0.1, 0.15) is 15.2 Å². The number of nitrogens with zero attached hydrogens (tertiary/aromatic N) is 2. The van der Waals surface area contributed by atoms with Crippen LogP contribution in [0.3, 0.4) is 0 Å². The lowest BCUT2D eigenvalue weighted by Gasteiger charge is -2.05. The Labute approximate surface area is 154 Å². The summed E-state index contributed by atoms with van der Waals surface area (Å²) < 4.78 is 13.6. The van der Waals surface area contributed by atoms with Gasteiger partial charge < -0.3 is 15.5 Å². The third kappa shape index (κ3) is 2.93. The van der Waals surface area contributed by atoms with E-state index in [0.29, 0.717) is 5.36 Å². The van der Waals surface area contributed by atoms with Crippen molar-refractivity contribution in [3.63, 3.8) is 0 Å². The minimum atomic E-state index is -1.12. The molecule has 0 fully saturated rings. The monoisotopic (exact) mass is 383 g/mol. The van der Waals surface area contributed by atoms with E-state index in [0.717, 1.165) is 11.3 Å². The van der Waals surface area contributed by atoms with Gasteiger partial charge in [0.2, 0.25) is 5.88 Å². The van der Waals surface area contributed by atoms with Crippen LogP contribution >= 0.6 is 11.3 Å². The highest BCUT2D eigenvalue weighted by atomic mass is 32.1. The second-order valence-electron chi connectivity index (χ2n) is 5.60. The number of para-hydroxylation sites is 1. The summed E-state index contributed by atoms with van der Waals surface area (Å²) in [4.78, 5) is 31.5. The fourth-order valence-corrected chi connectivity index (χ4v) is 3.65. The summed E-state index contributed by atoms with van der Waals surface area (Å²) in [5.41, 5.74) is 0.365. The Morgan fingerprint density at radius 2 is 1.96 bits per heavy atom. The number of nitrogens with one attached hydrogen (secondary N) is 1. The zero-order chi connectivity index (χ0) is 19.1. The maximum absolute atomic E-state index is 13.6. The van der Waals surface area contributed by atoms with Crippen LogP contribution in [0.5, 0.6) is 5.88 Å². The van der Waals surface area contributed by atoms with Gasteiger partial charge >= 0.3 is 5.97 Å². The molecule has 134 valence electrons. The number of carbonyl (C=O) groups excluding carboxylic acids is 1. The molecule has 1 aromatic heterocycles. The number of hydrogen-bond acceptors (Lipinski definition) is 6. The highest BCUT2D eigenvalue weighted by Crippen LogP contribution is 2.35. The van der Waals surface area contributed by atoms with E-state index in [4.69, 9.17) is 0 Å². The van der Waals surface area contributed by atoms with Gasteiger partial charge in [-0.05, 0) is 30.3 Å². The Bertz CT molecular complexity index is 1240. The normalized spacial score (nSPS) is 12.6. The number of rotatable bonds is 4. The highest BCUT2D eigenvalue weighted by Gasteiger charge is 2.25. The SMILES string of the molecule is O=C1N=c2ccc(F)cc2=C1c1sc(Nc2ccccc2C(=O)O)nc1O. The number of benzene rings is 2. The molecule has 3 aromatic rings. The van der Waals surface area contributed by atoms with Gasteiger partial charge in [0.1, 0.15) is 10.7 Å². The molecule has 0 saturated heterocycles. The summed E-state index contributed by atoms with van der Waals surface area (Å²) >= 11 is 0.940. The predicted octanol–water partition coefficient (Wildman–Crippen LogP) is 1.79. The Morgan fingerprint density at radius 1 is 1.19 bits per heavy atom. The van der Waals surface area contributed by atoms with E-state index in [9.17, 15) is 24.2 Å². The van der Waals surface area contributed by atoms with Crippen LogP contribution in [0.2, 0.25) is 0 Å². The zero-order valence-corrected chi connectivity index (χ0v) is 14.2. The largest absolute Gasteiger partial charge is 0.492 e. The van der Waals surface area contributed by atoms with Crippen LogP contribution in [0.15, 0.2) is 47.5 Å². The molecule has 0 bridgehead atoms. The smallest absolute Gasteiger partial charge is 0.337 e. The molecular weight excluding hydrogens is 373 g/mol. The van der Waals surface area contributed by atoms with Crippen molar-refractivity contribution in [2.45, 2.75) is 0 Å². The van der Waals surface area contributed by atoms with Gasteiger partial charge in [-0.15, -0.1) is 0 Å². The van der Waals surface area contributed by atoms with Crippen LogP contribution in [0, 0.1) is 5.82 Å². The molecule has 0 atom stereocenters. The first-order valence-electron chi connectivity index (χ1n) is 7.66. The van der Waals surface area contributed by atoms with Crippen molar-refractivity contribution in [2.75, 3.05) is 5.32 Å². The summed E-state index contributed by atoms with van der Waals surface area (Å²) in [5, 5.41) is 23.0. The van der Waals surface area contributed by atoms with Gasteiger partial charge in [0.25, 0.3) is 5.91 Å². The van der Waals surface area contributed by atoms with Gasteiger partial charge in [0.05, 0.1) is 22.2 Å². The van der Waals surface area contributed by atoms with E-state index in [1.807, 2.05) is 0 Å².